The van der Waals surface area contributed by atoms with Crippen molar-refractivity contribution in [2.24, 2.45) is 0 Å². The van der Waals surface area contributed by atoms with Gasteiger partial charge in [-0.25, -0.2) is 9.59 Å². The number of esters is 1. The maximum absolute atomic E-state index is 12.7. The zero-order valence-corrected chi connectivity index (χ0v) is 16.8. The Morgan fingerprint density at radius 3 is 2.46 bits per heavy atom. The first-order valence-corrected chi connectivity index (χ1v) is 10.1. The predicted octanol–water partition coefficient (Wildman–Crippen LogP) is 1.14. The summed E-state index contributed by atoms with van der Waals surface area (Å²) < 4.78 is 5.20. The number of nitrogens with zero attached hydrogens (tertiary/aromatic N) is 3. The van der Waals surface area contributed by atoms with Crippen LogP contribution < -0.4 is 5.32 Å². The molecule has 3 heterocycles. The van der Waals surface area contributed by atoms with Gasteiger partial charge >= 0.3 is 12.0 Å². The normalized spacial score (nSPS) is 16.4. The Morgan fingerprint density at radius 2 is 1.86 bits per heavy atom. The van der Waals surface area contributed by atoms with Gasteiger partial charge in [-0.05, 0) is 18.9 Å². The summed E-state index contributed by atoms with van der Waals surface area (Å²) in [4.78, 5) is 53.6. The van der Waals surface area contributed by atoms with E-state index in [1.807, 2.05) is 0 Å². The topological polar surface area (TPSA) is 99.3 Å². The van der Waals surface area contributed by atoms with E-state index in [9.17, 15) is 19.2 Å². The number of rotatable bonds is 4. The monoisotopic (exact) mass is 408 g/mol. The molecule has 0 unspecified atom stereocenters. The number of piperazine rings is 1. The molecule has 0 atom stereocenters. The largest absolute Gasteiger partial charge is 0.462 e. The molecule has 1 N–H and O–H groups in total. The highest BCUT2D eigenvalue weighted by molar-refractivity contribution is 7.17. The SMILES string of the molecule is CCOC(=O)c1c(NC(=O)N2CCN(C=O)CC2)sc2c1CCN(C(C)=O)C2. The van der Waals surface area contributed by atoms with Gasteiger partial charge in [-0.15, -0.1) is 11.3 Å². The van der Waals surface area contributed by atoms with Crippen molar-refractivity contribution in [1.29, 1.82) is 0 Å². The molecule has 0 aromatic carbocycles. The van der Waals surface area contributed by atoms with Crippen molar-refractivity contribution in [1.82, 2.24) is 14.7 Å². The number of ether oxygens (including phenoxy) is 1. The maximum atomic E-state index is 12.7. The van der Waals surface area contributed by atoms with E-state index in [2.05, 4.69) is 5.32 Å². The molecule has 1 fully saturated rings. The maximum Gasteiger partial charge on any atom is 0.341 e. The van der Waals surface area contributed by atoms with Crippen molar-refractivity contribution in [3.05, 3.63) is 16.0 Å². The van der Waals surface area contributed by atoms with E-state index in [0.717, 1.165) is 16.9 Å². The van der Waals surface area contributed by atoms with Crippen LogP contribution in [0.2, 0.25) is 0 Å². The zero-order valence-electron chi connectivity index (χ0n) is 16.0. The number of thiophene rings is 1. The lowest BCUT2D eigenvalue weighted by Gasteiger charge is -2.32. The molecule has 1 aromatic rings. The lowest BCUT2D eigenvalue weighted by atomic mass is 10.0. The summed E-state index contributed by atoms with van der Waals surface area (Å²) in [5.41, 5.74) is 1.24. The van der Waals surface area contributed by atoms with Gasteiger partial charge in [0.25, 0.3) is 0 Å². The van der Waals surface area contributed by atoms with E-state index in [-0.39, 0.29) is 18.5 Å². The first kappa shape index (κ1) is 20.1. The first-order valence-electron chi connectivity index (χ1n) is 9.27. The third kappa shape index (κ3) is 4.11. The summed E-state index contributed by atoms with van der Waals surface area (Å²) in [6.45, 7) is 6.29. The van der Waals surface area contributed by atoms with Crippen molar-refractivity contribution in [2.75, 3.05) is 44.6 Å². The average Bonchev–Trinajstić information content (AvgIpc) is 3.05. The molecule has 0 spiro atoms. The van der Waals surface area contributed by atoms with Gasteiger partial charge in [-0.2, -0.15) is 0 Å². The average molecular weight is 408 g/mol. The molecule has 4 amide bonds. The third-order valence-electron chi connectivity index (χ3n) is 4.95. The first-order chi connectivity index (χ1) is 13.4. The highest BCUT2D eigenvalue weighted by Gasteiger charge is 2.31. The highest BCUT2D eigenvalue weighted by atomic mass is 32.1. The van der Waals surface area contributed by atoms with Crippen molar-refractivity contribution < 1.29 is 23.9 Å². The minimum atomic E-state index is -0.461. The zero-order chi connectivity index (χ0) is 20.3. The number of carbonyl (C=O) groups excluding carboxylic acids is 4. The smallest absolute Gasteiger partial charge is 0.341 e. The molecule has 152 valence electrons. The number of nitrogens with one attached hydrogen (secondary N) is 1. The van der Waals surface area contributed by atoms with Crippen LogP contribution in [-0.2, 0) is 27.3 Å². The molecule has 0 aliphatic carbocycles. The van der Waals surface area contributed by atoms with Crippen LogP contribution in [0.1, 0.15) is 34.6 Å². The standard InChI is InChI=1S/C18H24N4O5S/c1-3-27-17(25)15-13-4-5-22(12(2)24)10-14(13)28-16(15)19-18(26)21-8-6-20(11-23)7-9-21/h11H,3-10H2,1-2H3,(H,19,26). The third-order valence-corrected chi connectivity index (χ3v) is 6.08. The van der Waals surface area contributed by atoms with Gasteiger partial charge in [0.2, 0.25) is 12.3 Å². The number of carbonyl (C=O) groups is 4. The fourth-order valence-electron chi connectivity index (χ4n) is 3.39. The summed E-state index contributed by atoms with van der Waals surface area (Å²) in [5.74, 6) is -0.479. The van der Waals surface area contributed by atoms with Crippen LogP contribution in [0.5, 0.6) is 0 Å². The Balaban J connectivity index is 1.81. The Hall–Kier alpha value is -2.62. The van der Waals surface area contributed by atoms with Gasteiger partial charge in [-0.3, -0.25) is 14.9 Å². The van der Waals surface area contributed by atoms with Crippen LogP contribution in [0.15, 0.2) is 0 Å². The van der Waals surface area contributed by atoms with Crippen LogP contribution in [0.4, 0.5) is 9.80 Å². The molecule has 1 saturated heterocycles. The number of fused-ring (bicyclic) bond motifs is 1. The fraction of sp³-hybridized carbons (Fsp3) is 0.556. The second-order valence-electron chi connectivity index (χ2n) is 6.68. The van der Waals surface area contributed by atoms with Gasteiger partial charge in [-0.1, -0.05) is 0 Å². The molecule has 3 rings (SSSR count). The predicted molar refractivity (Wildman–Crippen MR) is 103 cm³/mol. The molecule has 2 aliphatic heterocycles. The molecule has 28 heavy (non-hydrogen) atoms. The number of urea groups is 1. The van der Waals surface area contributed by atoms with Crippen LogP contribution in [0, 0.1) is 0 Å². The van der Waals surface area contributed by atoms with E-state index in [4.69, 9.17) is 4.74 Å². The lowest BCUT2D eigenvalue weighted by molar-refractivity contribution is -0.129. The number of hydrogen-bond acceptors (Lipinski definition) is 6. The van der Waals surface area contributed by atoms with Crippen LogP contribution in [0.3, 0.4) is 0 Å². The molecule has 0 bridgehead atoms. The number of hydrogen-bond donors (Lipinski definition) is 1. The van der Waals surface area contributed by atoms with Crippen molar-refractivity contribution >= 4 is 40.7 Å². The second kappa shape index (κ2) is 8.59. The molecular formula is C18H24N4O5S. The highest BCUT2D eigenvalue weighted by Crippen LogP contribution is 2.38. The van der Waals surface area contributed by atoms with E-state index in [0.29, 0.717) is 56.3 Å². The van der Waals surface area contributed by atoms with Gasteiger partial charge in [0.1, 0.15) is 5.00 Å². The summed E-state index contributed by atoms with van der Waals surface area (Å²) in [6, 6.07) is -0.307. The summed E-state index contributed by atoms with van der Waals surface area (Å²) in [5, 5.41) is 3.30. The Bertz CT molecular complexity index is 785. The van der Waals surface area contributed by atoms with Gasteiger partial charge < -0.3 is 19.4 Å². The van der Waals surface area contributed by atoms with Crippen molar-refractivity contribution in [2.45, 2.75) is 26.8 Å². The number of amides is 4. The van der Waals surface area contributed by atoms with Gasteiger partial charge in [0, 0.05) is 44.5 Å². The summed E-state index contributed by atoms with van der Waals surface area (Å²) in [7, 11) is 0. The molecule has 0 radical (unpaired) electrons. The van der Waals surface area contributed by atoms with Gasteiger partial charge in [0.15, 0.2) is 0 Å². The fourth-order valence-corrected chi connectivity index (χ4v) is 4.63. The molecule has 0 saturated carbocycles. The summed E-state index contributed by atoms with van der Waals surface area (Å²) in [6.07, 6.45) is 1.33. The van der Waals surface area contributed by atoms with Crippen molar-refractivity contribution in [3.63, 3.8) is 0 Å². The minimum Gasteiger partial charge on any atom is -0.462 e. The number of anilines is 1. The second-order valence-corrected chi connectivity index (χ2v) is 7.78. The van der Waals surface area contributed by atoms with E-state index >= 15 is 0 Å². The Labute approximate surface area is 167 Å². The molecule has 10 heteroatoms. The van der Waals surface area contributed by atoms with E-state index in [1.165, 1.54) is 18.3 Å². The molecule has 9 nitrogen and oxygen atoms in total. The van der Waals surface area contributed by atoms with E-state index < -0.39 is 5.97 Å². The van der Waals surface area contributed by atoms with Crippen LogP contribution in [-0.4, -0.2) is 78.3 Å². The Kier molecular flexibility index (Phi) is 6.18. The van der Waals surface area contributed by atoms with E-state index in [1.54, 1.807) is 21.6 Å². The van der Waals surface area contributed by atoms with Crippen LogP contribution in [0.25, 0.3) is 0 Å². The lowest BCUT2D eigenvalue weighted by Crippen LogP contribution is -2.49. The summed E-state index contributed by atoms with van der Waals surface area (Å²) >= 11 is 1.31. The molecular weight excluding hydrogens is 384 g/mol. The van der Waals surface area contributed by atoms with Crippen LogP contribution >= 0.6 is 11.3 Å². The molecule has 1 aromatic heterocycles. The quantitative estimate of drug-likeness (QED) is 0.595. The van der Waals surface area contributed by atoms with Crippen molar-refractivity contribution in [3.8, 4) is 0 Å². The molecule has 2 aliphatic rings. The van der Waals surface area contributed by atoms with Gasteiger partial charge in [0.05, 0.1) is 18.7 Å². The Morgan fingerprint density at radius 1 is 1.14 bits per heavy atom. The minimum absolute atomic E-state index is 0.0182.